The fourth-order valence-corrected chi connectivity index (χ4v) is 2.75. The Morgan fingerprint density at radius 3 is 2.86 bits per heavy atom. The first-order valence-corrected chi connectivity index (χ1v) is 7.24. The van der Waals surface area contributed by atoms with Crippen LogP contribution in [0.1, 0.15) is 32.6 Å². The van der Waals surface area contributed by atoms with Crippen LogP contribution in [0.2, 0.25) is 0 Å². The van der Waals surface area contributed by atoms with Gasteiger partial charge in [0.1, 0.15) is 6.33 Å². The number of anilines is 2. The molecule has 1 aromatic heterocycles. The summed E-state index contributed by atoms with van der Waals surface area (Å²) in [6.07, 6.45) is 5.59. The van der Waals surface area contributed by atoms with Crippen molar-refractivity contribution in [1.29, 1.82) is 0 Å². The second kappa shape index (κ2) is 6.66. The lowest BCUT2D eigenvalue weighted by atomic mass is 10.00. The molecule has 1 atom stereocenters. The van der Waals surface area contributed by atoms with Crippen LogP contribution in [-0.2, 0) is 0 Å². The van der Waals surface area contributed by atoms with E-state index in [9.17, 15) is 10.1 Å². The van der Waals surface area contributed by atoms with Crippen molar-refractivity contribution in [3.05, 3.63) is 16.4 Å². The van der Waals surface area contributed by atoms with Crippen LogP contribution in [0, 0.1) is 10.1 Å². The summed E-state index contributed by atoms with van der Waals surface area (Å²) >= 11 is 0. The van der Waals surface area contributed by atoms with Gasteiger partial charge in [0, 0.05) is 26.7 Å². The molecule has 1 aliphatic rings. The third-order valence-corrected chi connectivity index (χ3v) is 3.69. The van der Waals surface area contributed by atoms with Gasteiger partial charge in [-0.3, -0.25) is 15.5 Å². The standard InChI is InChI=1S/C13H22N6O2/c1-4-10-7-5-6-8-18(10)13-11(19(20)21)12(14-9-15-13)16-17(2)3/h9-10H,4-8H2,1-3H3,(H,14,15,16). The third kappa shape index (κ3) is 3.38. The fraction of sp³-hybridized carbons (Fsp3) is 0.692. The van der Waals surface area contributed by atoms with E-state index in [0.29, 0.717) is 11.9 Å². The number of hydrazine groups is 1. The van der Waals surface area contributed by atoms with Crippen LogP contribution < -0.4 is 10.3 Å². The molecule has 116 valence electrons. The molecule has 8 heteroatoms. The zero-order chi connectivity index (χ0) is 15.4. The third-order valence-electron chi connectivity index (χ3n) is 3.69. The molecule has 21 heavy (non-hydrogen) atoms. The maximum absolute atomic E-state index is 11.5. The van der Waals surface area contributed by atoms with Gasteiger partial charge in [-0.1, -0.05) is 6.92 Å². The monoisotopic (exact) mass is 294 g/mol. The molecule has 0 spiro atoms. The van der Waals surface area contributed by atoms with Crippen LogP contribution in [0.4, 0.5) is 17.3 Å². The van der Waals surface area contributed by atoms with E-state index in [1.165, 1.54) is 6.33 Å². The first-order valence-electron chi connectivity index (χ1n) is 7.24. The molecular weight excluding hydrogens is 272 g/mol. The van der Waals surface area contributed by atoms with Crippen molar-refractivity contribution in [1.82, 2.24) is 15.0 Å². The van der Waals surface area contributed by atoms with Crippen LogP contribution in [0.5, 0.6) is 0 Å². The predicted molar refractivity (Wildman–Crippen MR) is 81.3 cm³/mol. The van der Waals surface area contributed by atoms with E-state index >= 15 is 0 Å². The van der Waals surface area contributed by atoms with Crippen LogP contribution in [-0.4, -0.2) is 46.6 Å². The Labute approximate surface area is 124 Å². The van der Waals surface area contributed by atoms with Crippen molar-refractivity contribution in [2.45, 2.75) is 38.6 Å². The van der Waals surface area contributed by atoms with E-state index in [1.54, 1.807) is 19.1 Å². The minimum atomic E-state index is -0.400. The Morgan fingerprint density at radius 1 is 1.48 bits per heavy atom. The Balaban J connectivity index is 2.44. The molecule has 1 aromatic rings. The predicted octanol–water partition coefficient (Wildman–Crippen LogP) is 2.04. The Hall–Kier alpha value is -1.96. The van der Waals surface area contributed by atoms with Crippen molar-refractivity contribution in [3.8, 4) is 0 Å². The summed E-state index contributed by atoms with van der Waals surface area (Å²) in [7, 11) is 3.53. The zero-order valence-corrected chi connectivity index (χ0v) is 12.7. The van der Waals surface area contributed by atoms with Gasteiger partial charge in [0.05, 0.1) is 4.92 Å². The number of hydrogen-bond acceptors (Lipinski definition) is 7. The molecule has 1 saturated heterocycles. The number of nitro groups is 1. The molecule has 2 rings (SSSR count). The minimum absolute atomic E-state index is 0.0495. The summed E-state index contributed by atoms with van der Waals surface area (Å²) in [5, 5.41) is 13.1. The quantitative estimate of drug-likeness (QED) is 0.656. The van der Waals surface area contributed by atoms with E-state index in [4.69, 9.17) is 0 Å². The van der Waals surface area contributed by atoms with Gasteiger partial charge in [0.2, 0.25) is 11.6 Å². The highest BCUT2D eigenvalue weighted by molar-refractivity contribution is 5.70. The normalized spacial score (nSPS) is 18.9. The van der Waals surface area contributed by atoms with Gasteiger partial charge >= 0.3 is 5.69 Å². The van der Waals surface area contributed by atoms with E-state index in [2.05, 4.69) is 27.2 Å². The fourth-order valence-electron chi connectivity index (χ4n) is 2.75. The van der Waals surface area contributed by atoms with Crippen molar-refractivity contribution < 1.29 is 4.92 Å². The Bertz CT molecular complexity index is 507. The lowest BCUT2D eigenvalue weighted by Crippen LogP contribution is -2.40. The molecule has 0 amide bonds. The largest absolute Gasteiger partial charge is 0.354 e. The van der Waals surface area contributed by atoms with Gasteiger partial charge in [0.25, 0.3) is 0 Å². The molecule has 0 bridgehead atoms. The number of piperidine rings is 1. The molecule has 0 radical (unpaired) electrons. The minimum Gasteiger partial charge on any atom is -0.348 e. The highest BCUT2D eigenvalue weighted by atomic mass is 16.6. The lowest BCUT2D eigenvalue weighted by Gasteiger charge is -2.35. The van der Waals surface area contributed by atoms with Crippen molar-refractivity contribution in [2.75, 3.05) is 31.0 Å². The first-order chi connectivity index (χ1) is 10.0. The smallest absolute Gasteiger partial charge is 0.348 e. The van der Waals surface area contributed by atoms with Gasteiger partial charge in [-0.05, 0) is 25.7 Å². The topological polar surface area (TPSA) is 87.4 Å². The summed E-state index contributed by atoms with van der Waals surface area (Å²) < 4.78 is 0. The molecule has 0 aliphatic carbocycles. The molecule has 1 unspecified atom stereocenters. The molecule has 1 aliphatic heterocycles. The van der Waals surface area contributed by atoms with Gasteiger partial charge in [-0.2, -0.15) is 0 Å². The molecule has 1 N–H and O–H groups in total. The highest BCUT2D eigenvalue weighted by Crippen LogP contribution is 2.35. The number of hydrogen-bond donors (Lipinski definition) is 1. The average Bonchev–Trinajstić information content (AvgIpc) is 2.46. The van der Waals surface area contributed by atoms with Crippen molar-refractivity contribution in [3.63, 3.8) is 0 Å². The van der Waals surface area contributed by atoms with E-state index < -0.39 is 4.92 Å². The van der Waals surface area contributed by atoms with E-state index in [1.807, 2.05) is 0 Å². The molecule has 0 aromatic carbocycles. The maximum Gasteiger partial charge on any atom is 0.354 e. The number of aromatic nitrogens is 2. The molecule has 1 fully saturated rings. The van der Waals surface area contributed by atoms with Crippen molar-refractivity contribution >= 4 is 17.3 Å². The first kappa shape index (κ1) is 15.4. The highest BCUT2D eigenvalue weighted by Gasteiger charge is 2.31. The molecule has 8 nitrogen and oxygen atoms in total. The zero-order valence-electron chi connectivity index (χ0n) is 12.7. The second-order valence-electron chi connectivity index (χ2n) is 5.41. The Morgan fingerprint density at radius 2 is 2.24 bits per heavy atom. The Kier molecular flexibility index (Phi) is 4.89. The second-order valence-corrected chi connectivity index (χ2v) is 5.41. The lowest BCUT2D eigenvalue weighted by molar-refractivity contribution is -0.383. The molecular formula is C13H22N6O2. The van der Waals surface area contributed by atoms with Crippen LogP contribution >= 0.6 is 0 Å². The maximum atomic E-state index is 11.5. The number of rotatable bonds is 5. The van der Waals surface area contributed by atoms with Gasteiger partial charge in [-0.25, -0.2) is 15.0 Å². The number of nitrogens with one attached hydrogen (secondary N) is 1. The molecule has 2 heterocycles. The van der Waals surface area contributed by atoms with Gasteiger partial charge in [-0.15, -0.1) is 0 Å². The van der Waals surface area contributed by atoms with Crippen LogP contribution in [0.3, 0.4) is 0 Å². The average molecular weight is 294 g/mol. The van der Waals surface area contributed by atoms with E-state index in [-0.39, 0.29) is 11.5 Å². The van der Waals surface area contributed by atoms with Crippen LogP contribution in [0.25, 0.3) is 0 Å². The summed E-state index contributed by atoms with van der Waals surface area (Å²) in [6.45, 7) is 2.91. The van der Waals surface area contributed by atoms with Gasteiger partial charge < -0.3 is 4.90 Å². The SMILES string of the molecule is CCC1CCCCN1c1ncnc(NN(C)C)c1[N+](=O)[O-]. The van der Waals surface area contributed by atoms with Crippen molar-refractivity contribution in [2.24, 2.45) is 0 Å². The summed E-state index contributed by atoms with van der Waals surface area (Å²) in [4.78, 5) is 21.4. The summed E-state index contributed by atoms with van der Waals surface area (Å²) in [5.41, 5.74) is 2.83. The molecule has 0 saturated carbocycles. The summed E-state index contributed by atoms with van der Waals surface area (Å²) in [5.74, 6) is 0.654. The number of nitrogens with zero attached hydrogens (tertiary/aromatic N) is 5. The summed E-state index contributed by atoms with van der Waals surface area (Å²) in [6, 6.07) is 0.305. The van der Waals surface area contributed by atoms with Crippen LogP contribution in [0.15, 0.2) is 6.33 Å². The van der Waals surface area contributed by atoms with E-state index in [0.717, 1.165) is 32.2 Å². The van der Waals surface area contributed by atoms with Gasteiger partial charge in [0.15, 0.2) is 0 Å².